The van der Waals surface area contributed by atoms with Crippen molar-refractivity contribution in [2.75, 3.05) is 17.1 Å². The van der Waals surface area contributed by atoms with Crippen molar-refractivity contribution in [1.82, 2.24) is 0 Å². The molecule has 0 amide bonds. The summed E-state index contributed by atoms with van der Waals surface area (Å²) in [4.78, 5) is 0.0586. The zero-order valence-electron chi connectivity index (χ0n) is 13.9. The van der Waals surface area contributed by atoms with Crippen LogP contribution in [0, 0.1) is 0 Å². The number of benzene rings is 2. The largest absolute Gasteiger partial charge is 0.495 e. The molecular weight excluding hydrogens is 376 g/mol. The van der Waals surface area contributed by atoms with Crippen LogP contribution in [0.2, 0.25) is 5.02 Å². The van der Waals surface area contributed by atoms with Gasteiger partial charge < -0.3 is 14.5 Å². The minimum absolute atomic E-state index is 0.0586. The molecule has 8 heteroatoms. The Morgan fingerprint density at radius 1 is 1.08 bits per heavy atom. The number of anilines is 2. The Labute approximate surface area is 156 Å². The molecule has 0 spiro atoms. The summed E-state index contributed by atoms with van der Waals surface area (Å²) in [6.07, 6.45) is 1.61. The molecule has 1 heterocycles. The lowest BCUT2D eigenvalue weighted by Crippen LogP contribution is -2.13. The summed E-state index contributed by atoms with van der Waals surface area (Å²) < 4.78 is 37.8. The number of rotatable bonds is 7. The molecule has 0 fully saturated rings. The Bertz CT molecular complexity index is 971. The van der Waals surface area contributed by atoms with Crippen LogP contribution in [0.1, 0.15) is 5.76 Å². The van der Waals surface area contributed by atoms with Gasteiger partial charge in [-0.3, -0.25) is 4.72 Å². The first-order valence-corrected chi connectivity index (χ1v) is 9.57. The number of nitrogens with one attached hydrogen (secondary N) is 2. The molecule has 0 saturated carbocycles. The Balaban J connectivity index is 1.68. The first-order valence-electron chi connectivity index (χ1n) is 7.70. The summed E-state index contributed by atoms with van der Waals surface area (Å²) in [5, 5.41) is 3.42. The lowest BCUT2D eigenvalue weighted by Gasteiger charge is -2.11. The lowest BCUT2D eigenvalue weighted by atomic mass is 10.3. The first-order chi connectivity index (χ1) is 12.5. The fraction of sp³-hybridized carbons (Fsp3) is 0.111. The van der Waals surface area contributed by atoms with E-state index in [0.717, 1.165) is 11.4 Å². The summed E-state index contributed by atoms with van der Waals surface area (Å²) in [7, 11) is -2.28. The van der Waals surface area contributed by atoms with Crippen LogP contribution < -0.4 is 14.8 Å². The molecule has 136 valence electrons. The van der Waals surface area contributed by atoms with Crippen molar-refractivity contribution in [3.05, 3.63) is 71.6 Å². The number of methoxy groups -OCH3 is 1. The quantitative estimate of drug-likeness (QED) is 0.624. The van der Waals surface area contributed by atoms with Gasteiger partial charge in [0.25, 0.3) is 10.0 Å². The number of hydrogen-bond donors (Lipinski definition) is 2. The maximum atomic E-state index is 12.5. The van der Waals surface area contributed by atoms with Gasteiger partial charge in [0.1, 0.15) is 11.5 Å². The van der Waals surface area contributed by atoms with Crippen molar-refractivity contribution < 1.29 is 17.6 Å². The van der Waals surface area contributed by atoms with Crippen LogP contribution in [0.25, 0.3) is 0 Å². The van der Waals surface area contributed by atoms with Crippen molar-refractivity contribution >= 4 is 33.0 Å². The fourth-order valence-corrected chi connectivity index (χ4v) is 3.69. The molecule has 0 atom stereocenters. The van der Waals surface area contributed by atoms with Gasteiger partial charge in [0.15, 0.2) is 0 Å². The molecule has 26 heavy (non-hydrogen) atoms. The van der Waals surface area contributed by atoms with Crippen LogP contribution >= 0.6 is 11.6 Å². The van der Waals surface area contributed by atoms with Gasteiger partial charge in [-0.05, 0) is 54.6 Å². The number of furan rings is 1. The van der Waals surface area contributed by atoms with Crippen molar-refractivity contribution in [2.45, 2.75) is 11.4 Å². The van der Waals surface area contributed by atoms with Crippen LogP contribution in [0.4, 0.5) is 11.4 Å². The van der Waals surface area contributed by atoms with Crippen molar-refractivity contribution in [3.63, 3.8) is 0 Å². The smallest absolute Gasteiger partial charge is 0.261 e. The highest BCUT2D eigenvalue weighted by atomic mass is 35.5. The molecule has 0 aliphatic carbocycles. The van der Waals surface area contributed by atoms with Gasteiger partial charge in [-0.2, -0.15) is 0 Å². The first kappa shape index (κ1) is 18.2. The second-order valence-electron chi connectivity index (χ2n) is 5.41. The average molecular weight is 393 g/mol. The second-order valence-corrected chi connectivity index (χ2v) is 7.50. The normalized spacial score (nSPS) is 11.2. The van der Waals surface area contributed by atoms with Crippen LogP contribution in [-0.4, -0.2) is 15.5 Å². The van der Waals surface area contributed by atoms with Crippen molar-refractivity contribution in [2.24, 2.45) is 0 Å². The number of ether oxygens (including phenoxy) is 1. The van der Waals surface area contributed by atoms with E-state index < -0.39 is 10.0 Å². The molecule has 0 saturated heterocycles. The molecule has 1 aromatic heterocycles. The van der Waals surface area contributed by atoms with E-state index in [4.69, 9.17) is 20.8 Å². The highest BCUT2D eigenvalue weighted by molar-refractivity contribution is 7.92. The second kappa shape index (κ2) is 7.72. The minimum Gasteiger partial charge on any atom is -0.495 e. The SMILES string of the molecule is COc1ccc(S(=O)(=O)Nc2ccc(NCc3ccco3)cc2)cc1Cl. The molecule has 2 N–H and O–H groups in total. The Hall–Kier alpha value is -2.64. The van der Waals surface area contributed by atoms with Gasteiger partial charge in [0.2, 0.25) is 0 Å². The fourth-order valence-electron chi connectivity index (χ4n) is 2.29. The van der Waals surface area contributed by atoms with E-state index in [1.807, 2.05) is 12.1 Å². The zero-order valence-corrected chi connectivity index (χ0v) is 15.5. The third kappa shape index (κ3) is 4.30. The molecule has 0 radical (unpaired) electrons. The van der Waals surface area contributed by atoms with Crippen molar-refractivity contribution in [1.29, 1.82) is 0 Å². The molecular formula is C18H17ClN2O4S. The van der Waals surface area contributed by atoms with Crippen molar-refractivity contribution in [3.8, 4) is 5.75 Å². The Morgan fingerprint density at radius 3 is 2.42 bits per heavy atom. The summed E-state index contributed by atoms with van der Waals surface area (Å²) in [6.45, 7) is 0.544. The van der Waals surface area contributed by atoms with E-state index in [2.05, 4.69) is 10.0 Å². The van der Waals surface area contributed by atoms with E-state index in [-0.39, 0.29) is 9.92 Å². The highest BCUT2D eigenvalue weighted by Crippen LogP contribution is 2.28. The molecule has 0 unspecified atom stereocenters. The number of halogens is 1. The Morgan fingerprint density at radius 2 is 1.81 bits per heavy atom. The summed E-state index contributed by atoms with van der Waals surface area (Å²) in [5.41, 5.74) is 1.29. The molecule has 0 bridgehead atoms. The number of sulfonamides is 1. The predicted molar refractivity (Wildman–Crippen MR) is 101 cm³/mol. The van der Waals surface area contributed by atoms with Crippen LogP contribution in [0.5, 0.6) is 5.75 Å². The molecule has 0 aliphatic rings. The van der Waals surface area contributed by atoms with Gasteiger partial charge in [0, 0.05) is 11.4 Å². The topological polar surface area (TPSA) is 80.6 Å². The maximum Gasteiger partial charge on any atom is 0.261 e. The van der Waals surface area contributed by atoms with E-state index in [1.165, 1.54) is 25.3 Å². The zero-order chi connectivity index (χ0) is 18.6. The Kier molecular flexibility index (Phi) is 5.39. The van der Waals surface area contributed by atoms with Crippen LogP contribution in [0.15, 0.2) is 70.2 Å². The van der Waals surface area contributed by atoms with E-state index in [0.29, 0.717) is 18.0 Å². The van der Waals surface area contributed by atoms with Gasteiger partial charge in [-0.15, -0.1) is 0 Å². The van der Waals surface area contributed by atoms with Crippen LogP contribution in [0.3, 0.4) is 0 Å². The van der Waals surface area contributed by atoms with Gasteiger partial charge in [0.05, 0.1) is 29.8 Å². The van der Waals surface area contributed by atoms with E-state index in [1.54, 1.807) is 30.5 Å². The summed E-state index contributed by atoms with van der Waals surface area (Å²) in [5.74, 6) is 1.23. The third-order valence-corrected chi connectivity index (χ3v) is 5.29. The number of hydrogen-bond acceptors (Lipinski definition) is 5. The predicted octanol–water partition coefficient (Wildman–Crippen LogP) is 4.35. The standard InChI is InChI=1S/C18H17ClN2O4S/c1-24-18-9-8-16(11-17(18)19)26(22,23)21-14-6-4-13(5-7-14)20-12-15-3-2-10-25-15/h2-11,20-21H,12H2,1H3. The minimum atomic E-state index is -3.75. The third-order valence-electron chi connectivity index (χ3n) is 3.62. The molecule has 0 aliphatic heterocycles. The van der Waals surface area contributed by atoms with Gasteiger partial charge >= 0.3 is 0 Å². The van der Waals surface area contributed by atoms with Gasteiger partial charge in [-0.1, -0.05) is 11.6 Å². The molecule has 3 aromatic rings. The average Bonchev–Trinajstić information content (AvgIpc) is 3.14. The van der Waals surface area contributed by atoms with E-state index in [9.17, 15) is 8.42 Å². The van der Waals surface area contributed by atoms with E-state index >= 15 is 0 Å². The van der Waals surface area contributed by atoms with Gasteiger partial charge in [-0.25, -0.2) is 8.42 Å². The highest BCUT2D eigenvalue weighted by Gasteiger charge is 2.16. The van der Waals surface area contributed by atoms with Crippen LogP contribution in [-0.2, 0) is 16.6 Å². The molecule has 3 rings (SSSR count). The molecule has 6 nitrogen and oxygen atoms in total. The molecule has 2 aromatic carbocycles. The summed E-state index contributed by atoms with van der Waals surface area (Å²) >= 11 is 6.00. The maximum absolute atomic E-state index is 12.5. The lowest BCUT2D eigenvalue weighted by molar-refractivity contribution is 0.414. The monoisotopic (exact) mass is 392 g/mol. The summed E-state index contributed by atoms with van der Waals surface area (Å²) in [6, 6.07) is 14.9.